The summed E-state index contributed by atoms with van der Waals surface area (Å²) in [6.45, 7) is 4.45. The number of carbonyl (C=O) groups is 3. The first-order valence-electron chi connectivity index (χ1n) is 11.7. The number of nitrogens with zero attached hydrogens (tertiary/aromatic N) is 1. The van der Waals surface area contributed by atoms with Crippen molar-refractivity contribution in [3.05, 3.63) is 53.6 Å². The van der Waals surface area contributed by atoms with Crippen LogP contribution in [0.4, 0.5) is 10.5 Å². The second-order valence-corrected chi connectivity index (χ2v) is 8.71. The number of hydrogen-bond donors (Lipinski definition) is 3. The van der Waals surface area contributed by atoms with Gasteiger partial charge in [-0.2, -0.15) is 0 Å². The largest absolute Gasteiger partial charge is 0.493 e. The van der Waals surface area contributed by atoms with E-state index in [1.54, 1.807) is 31.3 Å². The summed E-state index contributed by atoms with van der Waals surface area (Å²) in [5.74, 6) is 0.615. The Morgan fingerprint density at radius 3 is 2.26 bits per heavy atom. The number of hydrogen-bond acceptors (Lipinski definition) is 5. The lowest BCUT2D eigenvalue weighted by Crippen LogP contribution is -2.53. The average molecular weight is 483 g/mol. The van der Waals surface area contributed by atoms with Gasteiger partial charge in [0.25, 0.3) is 0 Å². The van der Waals surface area contributed by atoms with Crippen molar-refractivity contribution in [2.75, 3.05) is 32.6 Å². The molecule has 1 fully saturated rings. The number of urea groups is 1. The van der Waals surface area contributed by atoms with E-state index < -0.39 is 6.04 Å². The molecule has 0 aliphatic carbocycles. The zero-order valence-corrected chi connectivity index (χ0v) is 20.7. The summed E-state index contributed by atoms with van der Waals surface area (Å²) < 4.78 is 10.6. The molecule has 35 heavy (non-hydrogen) atoms. The average Bonchev–Trinajstić information content (AvgIpc) is 2.85. The van der Waals surface area contributed by atoms with E-state index in [0.717, 1.165) is 16.8 Å². The predicted molar refractivity (Wildman–Crippen MR) is 134 cm³/mol. The molecule has 2 aromatic carbocycles. The van der Waals surface area contributed by atoms with Crippen molar-refractivity contribution in [2.24, 2.45) is 0 Å². The van der Waals surface area contributed by atoms with Gasteiger partial charge in [-0.25, -0.2) is 4.79 Å². The second kappa shape index (κ2) is 12.1. The zero-order chi connectivity index (χ0) is 25.4. The minimum Gasteiger partial charge on any atom is -0.493 e. The van der Waals surface area contributed by atoms with Crippen LogP contribution >= 0.6 is 0 Å². The van der Waals surface area contributed by atoms with E-state index in [1.165, 1.54) is 6.92 Å². The molecule has 9 heteroatoms. The van der Waals surface area contributed by atoms with E-state index in [1.807, 2.05) is 37.3 Å². The number of methoxy groups -OCH3 is 2. The zero-order valence-electron chi connectivity index (χ0n) is 20.7. The quantitative estimate of drug-likeness (QED) is 0.536. The van der Waals surface area contributed by atoms with Gasteiger partial charge in [-0.05, 0) is 49.6 Å². The highest BCUT2D eigenvalue weighted by Crippen LogP contribution is 2.28. The number of likely N-dealkylation sites (tertiary alicyclic amines) is 1. The van der Waals surface area contributed by atoms with E-state index in [4.69, 9.17) is 9.47 Å². The fraction of sp³-hybridized carbons (Fsp3) is 0.423. The molecule has 0 radical (unpaired) electrons. The van der Waals surface area contributed by atoms with E-state index in [0.29, 0.717) is 43.9 Å². The number of nitrogens with one attached hydrogen (secondary N) is 3. The van der Waals surface area contributed by atoms with Crippen molar-refractivity contribution >= 4 is 23.5 Å². The lowest BCUT2D eigenvalue weighted by atomic mass is 10.0. The predicted octanol–water partition coefficient (Wildman–Crippen LogP) is 2.87. The summed E-state index contributed by atoms with van der Waals surface area (Å²) in [5.41, 5.74) is 2.71. The van der Waals surface area contributed by atoms with Crippen molar-refractivity contribution < 1.29 is 23.9 Å². The van der Waals surface area contributed by atoms with Crippen LogP contribution in [0.2, 0.25) is 0 Å². The molecule has 1 atom stereocenters. The Morgan fingerprint density at radius 2 is 1.66 bits per heavy atom. The van der Waals surface area contributed by atoms with Gasteiger partial charge in [0.15, 0.2) is 11.5 Å². The van der Waals surface area contributed by atoms with E-state index in [2.05, 4.69) is 16.0 Å². The number of amides is 4. The standard InChI is InChI=1S/C26H34N4O5/c1-17-5-8-20(9-6-17)29-26(33)30-13-11-21(12-14-30)28-25(32)22(27-18(2)31)15-19-7-10-23(34-3)24(16-19)35-4/h5-10,16,21-22H,11-15H2,1-4H3,(H,27,31)(H,28,32)(H,29,33)/t22-/m1/s1. The molecular formula is C26H34N4O5. The van der Waals surface area contributed by atoms with Gasteiger partial charge in [0.1, 0.15) is 6.04 Å². The first-order valence-corrected chi connectivity index (χ1v) is 11.7. The van der Waals surface area contributed by atoms with Crippen LogP contribution in [0.3, 0.4) is 0 Å². The fourth-order valence-corrected chi connectivity index (χ4v) is 4.07. The lowest BCUT2D eigenvalue weighted by molar-refractivity contribution is -0.128. The van der Waals surface area contributed by atoms with Crippen LogP contribution in [0.1, 0.15) is 30.9 Å². The van der Waals surface area contributed by atoms with Crippen LogP contribution < -0.4 is 25.4 Å². The Morgan fingerprint density at radius 1 is 1.00 bits per heavy atom. The van der Waals surface area contributed by atoms with Gasteiger partial charge in [-0.1, -0.05) is 23.8 Å². The van der Waals surface area contributed by atoms with Crippen molar-refractivity contribution in [1.82, 2.24) is 15.5 Å². The van der Waals surface area contributed by atoms with Gasteiger partial charge >= 0.3 is 6.03 Å². The Hall–Kier alpha value is -3.75. The van der Waals surface area contributed by atoms with Gasteiger partial charge < -0.3 is 30.3 Å². The summed E-state index contributed by atoms with van der Waals surface area (Å²) in [7, 11) is 3.11. The molecule has 1 aliphatic rings. The maximum Gasteiger partial charge on any atom is 0.321 e. The van der Waals surface area contributed by atoms with Gasteiger partial charge in [-0.3, -0.25) is 9.59 Å². The molecule has 0 saturated carbocycles. The van der Waals surface area contributed by atoms with E-state index in [9.17, 15) is 14.4 Å². The molecule has 3 N–H and O–H groups in total. The number of benzene rings is 2. The Bertz CT molecular complexity index is 1030. The van der Waals surface area contributed by atoms with Crippen LogP contribution in [-0.4, -0.2) is 62.1 Å². The van der Waals surface area contributed by atoms with Crippen molar-refractivity contribution in [2.45, 2.75) is 45.2 Å². The first kappa shape index (κ1) is 25.9. The third-order valence-corrected chi connectivity index (χ3v) is 6.01. The first-order chi connectivity index (χ1) is 16.8. The second-order valence-electron chi connectivity index (χ2n) is 8.71. The van der Waals surface area contributed by atoms with Crippen molar-refractivity contribution in [1.29, 1.82) is 0 Å². The van der Waals surface area contributed by atoms with Gasteiger partial charge in [0, 0.05) is 38.2 Å². The smallest absolute Gasteiger partial charge is 0.321 e. The Kier molecular flexibility index (Phi) is 8.94. The number of rotatable bonds is 8. The number of anilines is 1. The normalized spacial score (nSPS) is 14.6. The third kappa shape index (κ3) is 7.37. The van der Waals surface area contributed by atoms with Crippen LogP contribution in [0, 0.1) is 6.92 Å². The molecule has 4 amide bonds. The maximum atomic E-state index is 13.0. The third-order valence-electron chi connectivity index (χ3n) is 6.01. The maximum absolute atomic E-state index is 13.0. The monoisotopic (exact) mass is 482 g/mol. The number of piperidine rings is 1. The Balaban J connectivity index is 1.55. The highest BCUT2D eigenvalue weighted by Gasteiger charge is 2.27. The van der Waals surface area contributed by atoms with Crippen molar-refractivity contribution in [3.63, 3.8) is 0 Å². The van der Waals surface area contributed by atoms with E-state index >= 15 is 0 Å². The van der Waals surface area contributed by atoms with Crippen LogP contribution in [-0.2, 0) is 16.0 Å². The number of aryl methyl sites for hydroxylation is 1. The van der Waals surface area contributed by atoms with Crippen LogP contribution in [0.25, 0.3) is 0 Å². The molecule has 1 heterocycles. The summed E-state index contributed by atoms with van der Waals surface area (Å²) in [6.07, 6.45) is 1.58. The van der Waals surface area contributed by atoms with Crippen molar-refractivity contribution in [3.8, 4) is 11.5 Å². The van der Waals surface area contributed by atoms with Crippen LogP contribution in [0.15, 0.2) is 42.5 Å². The molecule has 3 rings (SSSR count). The van der Waals surface area contributed by atoms with Gasteiger partial charge in [0.2, 0.25) is 11.8 Å². The molecular weight excluding hydrogens is 448 g/mol. The highest BCUT2D eigenvalue weighted by atomic mass is 16.5. The summed E-state index contributed by atoms with van der Waals surface area (Å²) in [4.78, 5) is 39.1. The minimum atomic E-state index is -0.728. The molecule has 9 nitrogen and oxygen atoms in total. The molecule has 0 spiro atoms. The number of ether oxygens (including phenoxy) is 2. The molecule has 188 valence electrons. The SMILES string of the molecule is COc1ccc(C[C@@H](NC(C)=O)C(=O)NC2CCN(C(=O)Nc3ccc(C)cc3)CC2)cc1OC. The molecule has 2 aromatic rings. The summed E-state index contributed by atoms with van der Waals surface area (Å²) >= 11 is 0. The van der Waals surface area contributed by atoms with Gasteiger partial charge in [-0.15, -0.1) is 0 Å². The Labute approximate surface area is 206 Å². The van der Waals surface area contributed by atoms with E-state index in [-0.39, 0.29) is 23.9 Å². The summed E-state index contributed by atoms with van der Waals surface area (Å²) in [5, 5.41) is 8.70. The molecule has 1 saturated heterocycles. The molecule has 0 bridgehead atoms. The van der Waals surface area contributed by atoms with Gasteiger partial charge in [0.05, 0.1) is 14.2 Å². The molecule has 0 unspecified atom stereocenters. The summed E-state index contributed by atoms with van der Waals surface area (Å²) in [6, 6.07) is 12.1. The highest BCUT2D eigenvalue weighted by molar-refractivity contribution is 5.89. The molecule has 1 aliphatic heterocycles. The number of carbonyl (C=O) groups excluding carboxylic acids is 3. The lowest BCUT2D eigenvalue weighted by Gasteiger charge is -2.33. The topological polar surface area (TPSA) is 109 Å². The van der Waals surface area contributed by atoms with Crippen LogP contribution in [0.5, 0.6) is 11.5 Å². The molecule has 0 aromatic heterocycles. The fourth-order valence-electron chi connectivity index (χ4n) is 4.07. The minimum absolute atomic E-state index is 0.0763.